The third-order valence-electron chi connectivity index (χ3n) is 9.03. The number of anilines is 2. The van der Waals surface area contributed by atoms with Crippen molar-refractivity contribution in [1.82, 2.24) is 30.1 Å². The molecule has 1 aliphatic carbocycles. The van der Waals surface area contributed by atoms with E-state index in [1.165, 1.54) is 34.0 Å². The molecule has 18 heteroatoms. The molecule has 2 aromatic carbocycles. The fraction of sp³-hybridized carbons (Fsp3) is 0.303. The van der Waals surface area contributed by atoms with Crippen LogP contribution >= 0.6 is 0 Å². The van der Waals surface area contributed by atoms with E-state index in [4.69, 9.17) is 4.74 Å². The van der Waals surface area contributed by atoms with Crippen LogP contribution in [-0.4, -0.2) is 90.0 Å². The van der Waals surface area contributed by atoms with Crippen molar-refractivity contribution in [3.63, 3.8) is 0 Å². The molecule has 260 valence electrons. The molecule has 2 atom stereocenters. The number of hydrogen-bond acceptors (Lipinski definition) is 12. The summed E-state index contributed by atoms with van der Waals surface area (Å²) in [6.07, 6.45) is 0.727. The van der Waals surface area contributed by atoms with Gasteiger partial charge in [0.1, 0.15) is 30.7 Å². The number of ketones is 2. The summed E-state index contributed by atoms with van der Waals surface area (Å²) in [6, 6.07) is 7.22. The van der Waals surface area contributed by atoms with Crippen molar-refractivity contribution in [3.05, 3.63) is 70.5 Å². The van der Waals surface area contributed by atoms with Gasteiger partial charge >= 0.3 is 6.09 Å². The largest absolute Gasteiger partial charge is 0.443 e. The van der Waals surface area contributed by atoms with Gasteiger partial charge in [0.25, 0.3) is 17.7 Å². The summed E-state index contributed by atoms with van der Waals surface area (Å²) in [5, 5.41) is 15.1. The molecule has 2 unspecified atom stereocenters. The molecule has 4 aliphatic rings. The van der Waals surface area contributed by atoms with Gasteiger partial charge in [-0.3, -0.25) is 53.9 Å². The predicted octanol–water partition coefficient (Wildman–Crippen LogP) is 0.713. The van der Waals surface area contributed by atoms with Gasteiger partial charge in [-0.05, 0) is 37.1 Å². The van der Waals surface area contributed by atoms with Gasteiger partial charge in [0, 0.05) is 36.2 Å². The molecule has 0 radical (unpaired) electrons. The van der Waals surface area contributed by atoms with Gasteiger partial charge in [0.05, 0.1) is 35.5 Å². The fourth-order valence-corrected chi connectivity index (χ4v) is 6.64. The molecule has 3 aromatic rings. The summed E-state index contributed by atoms with van der Waals surface area (Å²) in [5.74, 6) is -4.18. The first kappa shape index (κ1) is 32.9. The Bertz CT molecular complexity index is 2090. The fourth-order valence-electron chi connectivity index (χ4n) is 6.64. The average molecular weight is 697 g/mol. The standard InChI is InChI=1S/C33H28N8O10/c42-17-7-8-23(25(43)11-17)40-13-20-18(30(40)47)3-1-5-21(20)35-33(50)51-15-16-12-39(38-37-16)14-27(45)34-22-6-2-4-19-28(22)32(49)41(31(19)48)24-9-10-26(44)36-29(24)46/h1-6,12,23-24H,7-11,13-15H2,(H,34,45)(H,35,50)(H,36,44,46). The van der Waals surface area contributed by atoms with E-state index in [2.05, 4.69) is 26.3 Å². The zero-order chi connectivity index (χ0) is 36.0. The van der Waals surface area contributed by atoms with Gasteiger partial charge in [-0.1, -0.05) is 17.3 Å². The predicted molar refractivity (Wildman–Crippen MR) is 170 cm³/mol. The van der Waals surface area contributed by atoms with Gasteiger partial charge in [0.2, 0.25) is 17.7 Å². The molecule has 51 heavy (non-hydrogen) atoms. The number of Topliss-reactive ketones (excluding diaryl/α,β-unsaturated/α-hetero) is 2. The molecule has 0 spiro atoms. The lowest BCUT2D eigenvalue weighted by molar-refractivity contribution is -0.136. The summed E-state index contributed by atoms with van der Waals surface area (Å²) in [4.78, 5) is 115. The maximum atomic E-state index is 13.3. The number of carbonyl (C=O) groups excluding carboxylic acids is 9. The number of imide groups is 2. The van der Waals surface area contributed by atoms with Crippen molar-refractivity contribution in [1.29, 1.82) is 0 Å². The maximum Gasteiger partial charge on any atom is 0.412 e. The third kappa shape index (κ3) is 6.22. The number of nitrogens with one attached hydrogen (secondary N) is 3. The summed E-state index contributed by atoms with van der Waals surface area (Å²) in [5.41, 5.74) is 1.33. The van der Waals surface area contributed by atoms with Crippen LogP contribution in [0.1, 0.15) is 74.4 Å². The molecule has 18 nitrogen and oxygen atoms in total. The topological polar surface area (TPSA) is 236 Å². The zero-order valence-electron chi connectivity index (χ0n) is 26.7. The van der Waals surface area contributed by atoms with Crippen LogP contribution < -0.4 is 16.0 Å². The van der Waals surface area contributed by atoms with E-state index in [0.717, 1.165) is 4.90 Å². The first-order valence-electron chi connectivity index (χ1n) is 15.9. The van der Waals surface area contributed by atoms with Crippen LogP contribution in [0, 0.1) is 0 Å². The highest BCUT2D eigenvalue weighted by molar-refractivity contribution is 6.26. The second-order valence-corrected chi connectivity index (χ2v) is 12.3. The zero-order valence-corrected chi connectivity index (χ0v) is 26.7. The summed E-state index contributed by atoms with van der Waals surface area (Å²) in [7, 11) is 0. The Labute approximate surface area is 287 Å². The summed E-state index contributed by atoms with van der Waals surface area (Å²) >= 11 is 0. The maximum absolute atomic E-state index is 13.3. The number of amides is 7. The second kappa shape index (κ2) is 13.0. The van der Waals surface area contributed by atoms with E-state index in [-0.39, 0.29) is 91.8 Å². The highest BCUT2D eigenvalue weighted by Gasteiger charge is 2.46. The Morgan fingerprint density at radius 3 is 2.37 bits per heavy atom. The lowest BCUT2D eigenvalue weighted by Gasteiger charge is -2.29. The molecule has 7 amide bonds. The minimum Gasteiger partial charge on any atom is -0.443 e. The smallest absolute Gasteiger partial charge is 0.412 e. The Hall–Kier alpha value is -6.59. The molecule has 1 aromatic heterocycles. The SMILES string of the molecule is O=C1CCC(N2Cc3c(NC(=O)OCc4cn(CC(=O)Nc5cccc6c5C(=O)N(C5CCC(=O)NC5=O)C6=O)nn4)cccc3C2=O)C(=O)C1. The lowest BCUT2D eigenvalue weighted by Crippen LogP contribution is -2.54. The van der Waals surface area contributed by atoms with Crippen molar-refractivity contribution < 1.29 is 47.9 Å². The van der Waals surface area contributed by atoms with Crippen molar-refractivity contribution in [3.8, 4) is 0 Å². The molecular formula is C33H28N8O10. The molecule has 7 rings (SSSR count). The molecule has 2 fully saturated rings. The normalized spacial score (nSPS) is 20.0. The number of piperidine rings is 1. The first-order valence-corrected chi connectivity index (χ1v) is 15.9. The number of fused-ring (bicyclic) bond motifs is 2. The molecule has 3 aliphatic heterocycles. The van der Waals surface area contributed by atoms with E-state index in [9.17, 15) is 43.2 Å². The van der Waals surface area contributed by atoms with Crippen LogP contribution in [0.4, 0.5) is 16.2 Å². The Kier molecular flexibility index (Phi) is 8.41. The van der Waals surface area contributed by atoms with Crippen molar-refractivity contribution in [2.45, 2.75) is 63.9 Å². The monoisotopic (exact) mass is 696 g/mol. The number of ether oxygens (including phenoxy) is 1. The second-order valence-electron chi connectivity index (χ2n) is 12.3. The molecule has 1 saturated heterocycles. The van der Waals surface area contributed by atoms with Crippen LogP contribution in [0.15, 0.2) is 42.6 Å². The van der Waals surface area contributed by atoms with E-state index in [1.54, 1.807) is 18.2 Å². The van der Waals surface area contributed by atoms with Crippen molar-refractivity contribution >= 4 is 64.5 Å². The van der Waals surface area contributed by atoms with Gasteiger partial charge < -0.3 is 15.0 Å². The van der Waals surface area contributed by atoms with Crippen molar-refractivity contribution in [2.24, 2.45) is 0 Å². The number of hydrogen-bond donors (Lipinski definition) is 3. The van der Waals surface area contributed by atoms with Gasteiger partial charge in [0.15, 0.2) is 5.78 Å². The van der Waals surface area contributed by atoms with Crippen LogP contribution in [0.3, 0.4) is 0 Å². The number of nitrogens with zero attached hydrogens (tertiary/aromatic N) is 5. The van der Waals surface area contributed by atoms with Crippen LogP contribution in [0.5, 0.6) is 0 Å². The molecule has 1 saturated carbocycles. The highest BCUT2D eigenvalue weighted by atomic mass is 16.5. The number of rotatable bonds is 8. The minimum absolute atomic E-state index is 0.00219. The molecule has 0 bridgehead atoms. The van der Waals surface area contributed by atoms with Crippen LogP contribution in [0.25, 0.3) is 0 Å². The molecular weight excluding hydrogens is 668 g/mol. The van der Waals surface area contributed by atoms with Gasteiger partial charge in [-0.2, -0.15) is 0 Å². The first-order chi connectivity index (χ1) is 24.5. The van der Waals surface area contributed by atoms with E-state index in [1.807, 2.05) is 0 Å². The lowest BCUT2D eigenvalue weighted by atomic mass is 9.92. The van der Waals surface area contributed by atoms with Crippen molar-refractivity contribution in [2.75, 3.05) is 10.6 Å². The minimum atomic E-state index is -1.16. The van der Waals surface area contributed by atoms with Crippen LogP contribution in [-0.2, 0) is 48.4 Å². The Morgan fingerprint density at radius 2 is 1.61 bits per heavy atom. The Morgan fingerprint density at radius 1 is 0.863 bits per heavy atom. The Balaban J connectivity index is 0.938. The average Bonchev–Trinajstić information content (AvgIpc) is 3.75. The van der Waals surface area contributed by atoms with E-state index in [0.29, 0.717) is 16.8 Å². The third-order valence-corrected chi connectivity index (χ3v) is 9.03. The summed E-state index contributed by atoms with van der Waals surface area (Å²) < 4.78 is 6.44. The molecule has 3 N–H and O–H groups in total. The van der Waals surface area contributed by atoms with Gasteiger partial charge in [-0.25, -0.2) is 9.48 Å². The van der Waals surface area contributed by atoms with E-state index < -0.39 is 47.7 Å². The quantitative estimate of drug-likeness (QED) is 0.218. The summed E-state index contributed by atoms with van der Waals surface area (Å²) in [6.45, 7) is -0.600. The molecule has 4 heterocycles. The van der Waals surface area contributed by atoms with Crippen LogP contribution in [0.2, 0.25) is 0 Å². The number of aromatic nitrogens is 3. The number of benzene rings is 2. The number of carbonyl (C=O) groups is 9. The highest BCUT2D eigenvalue weighted by Crippen LogP contribution is 2.34. The van der Waals surface area contributed by atoms with Gasteiger partial charge in [-0.15, -0.1) is 5.10 Å². The van der Waals surface area contributed by atoms with E-state index >= 15 is 0 Å².